The average Bonchev–Trinajstić information content (AvgIpc) is 2.92. The maximum atomic E-state index is 11.1. The van der Waals surface area contributed by atoms with Crippen molar-refractivity contribution in [2.45, 2.75) is 38.6 Å². The topological polar surface area (TPSA) is 98.3 Å². The first kappa shape index (κ1) is 14.3. The molecule has 0 saturated heterocycles. The number of hydrogen-bond acceptors (Lipinski definition) is 4. The zero-order valence-electron chi connectivity index (χ0n) is 11.5. The lowest BCUT2D eigenvalue weighted by Gasteiger charge is -2.21. The lowest BCUT2D eigenvalue weighted by atomic mass is 9.99. The second-order valence-electron chi connectivity index (χ2n) is 5.33. The van der Waals surface area contributed by atoms with Gasteiger partial charge in [0.05, 0.1) is 4.92 Å². The van der Waals surface area contributed by atoms with Crippen LogP contribution in [-0.2, 0) is 0 Å². The summed E-state index contributed by atoms with van der Waals surface area (Å²) < 4.78 is 0. The number of rotatable bonds is 5. The van der Waals surface area contributed by atoms with E-state index in [-0.39, 0.29) is 17.3 Å². The van der Waals surface area contributed by atoms with Gasteiger partial charge in [-0.1, -0.05) is 12.8 Å². The molecule has 1 atom stereocenters. The fourth-order valence-electron chi connectivity index (χ4n) is 2.78. The van der Waals surface area contributed by atoms with E-state index >= 15 is 0 Å². The third-order valence-electron chi connectivity index (χ3n) is 3.97. The Bertz CT molecular complexity index is 524. The average molecular weight is 277 g/mol. The predicted molar refractivity (Wildman–Crippen MR) is 76.7 cm³/mol. The molecule has 6 nitrogen and oxygen atoms in total. The molecule has 0 aromatic heterocycles. The van der Waals surface area contributed by atoms with Crippen LogP contribution in [0.4, 0.5) is 11.4 Å². The number of primary amides is 1. The standard InChI is InChI=1S/C14H19N3O3/c1-9(10-4-2-3-5-10)16-12-7-6-11(14(15)18)8-13(12)17(19)20/h6-10,16H,2-5H2,1H3,(H2,15,18). The SMILES string of the molecule is CC(Nc1ccc(C(N)=O)cc1[N+](=O)[O-])C1CCCC1. The largest absolute Gasteiger partial charge is 0.377 e. The fraction of sp³-hybridized carbons (Fsp3) is 0.500. The Kier molecular flexibility index (Phi) is 4.22. The van der Waals surface area contributed by atoms with Crippen molar-refractivity contribution in [3.8, 4) is 0 Å². The number of carbonyl (C=O) groups excluding carboxylic acids is 1. The zero-order valence-corrected chi connectivity index (χ0v) is 11.5. The number of nitro groups is 1. The quantitative estimate of drug-likeness (QED) is 0.638. The van der Waals surface area contributed by atoms with Gasteiger partial charge < -0.3 is 11.1 Å². The summed E-state index contributed by atoms with van der Waals surface area (Å²) in [6.45, 7) is 2.04. The molecule has 1 fully saturated rings. The molecule has 2 rings (SSSR count). The molecule has 1 unspecified atom stereocenters. The number of carbonyl (C=O) groups is 1. The highest BCUT2D eigenvalue weighted by molar-refractivity contribution is 5.94. The number of hydrogen-bond donors (Lipinski definition) is 2. The fourth-order valence-corrected chi connectivity index (χ4v) is 2.78. The monoisotopic (exact) mass is 277 g/mol. The summed E-state index contributed by atoms with van der Waals surface area (Å²) in [7, 11) is 0. The Morgan fingerprint density at radius 2 is 2.10 bits per heavy atom. The van der Waals surface area contributed by atoms with Crippen molar-refractivity contribution >= 4 is 17.3 Å². The first-order valence-electron chi connectivity index (χ1n) is 6.84. The highest BCUT2D eigenvalue weighted by Crippen LogP contribution is 2.32. The summed E-state index contributed by atoms with van der Waals surface area (Å²) in [6.07, 6.45) is 4.75. The lowest BCUT2D eigenvalue weighted by Crippen LogP contribution is -2.24. The Hall–Kier alpha value is -2.11. The number of anilines is 1. The van der Waals surface area contributed by atoms with E-state index in [2.05, 4.69) is 5.32 Å². The molecule has 0 bridgehead atoms. The van der Waals surface area contributed by atoms with E-state index in [0.717, 1.165) is 12.8 Å². The number of nitrogens with one attached hydrogen (secondary N) is 1. The van der Waals surface area contributed by atoms with Crippen molar-refractivity contribution in [2.75, 3.05) is 5.32 Å². The molecular weight excluding hydrogens is 258 g/mol. The van der Waals surface area contributed by atoms with E-state index in [1.807, 2.05) is 6.92 Å². The van der Waals surface area contributed by atoms with Crippen LogP contribution in [0.25, 0.3) is 0 Å². The maximum absolute atomic E-state index is 11.1. The van der Waals surface area contributed by atoms with Crippen molar-refractivity contribution in [1.82, 2.24) is 0 Å². The summed E-state index contributed by atoms with van der Waals surface area (Å²) in [5.74, 6) is -0.117. The van der Waals surface area contributed by atoms with Gasteiger partial charge in [-0.15, -0.1) is 0 Å². The molecule has 6 heteroatoms. The molecule has 108 valence electrons. The van der Waals surface area contributed by atoms with Crippen molar-refractivity contribution < 1.29 is 9.72 Å². The molecule has 0 spiro atoms. The molecule has 0 radical (unpaired) electrons. The van der Waals surface area contributed by atoms with Gasteiger partial charge >= 0.3 is 0 Å². The maximum Gasteiger partial charge on any atom is 0.293 e. The van der Waals surface area contributed by atoms with Crippen LogP contribution in [0, 0.1) is 16.0 Å². The Labute approximate surface area is 117 Å². The number of nitrogens with two attached hydrogens (primary N) is 1. The molecule has 0 heterocycles. The molecule has 1 saturated carbocycles. The number of amides is 1. The summed E-state index contributed by atoms with van der Waals surface area (Å²) >= 11 is 0. The Morgan fingerprint density at radius 3 is 2.65 bits per heavy atom. The van der Waals surface area contributed by atoms with Crippen molar-refractivity contribution in [1.29, 1.82) is 0 Å². The minimum absolute atomic E-state index is 0.105. The van der Waals surface area contributed by atoms with Crippen LogP contribution in [0.1, 0.15) is 43.0 Å². The van der Waals surface area contributed by atoms with Gasteiger partial charge in [0, 0.05) is 17.7 Å². The van der Waals surface area contributed by atoms with Gasteiger partial charge in [-0.2, -0.15) is 0 Å². The van der Waals surface area contributed by atoms with Gasteiger partial charge in [-0.3, -0.25) is 14.9 Å². The molecular formula is C14H19N3O3. The number of benzene rings is 1. The van der Waals surface area contributed by atoms with Crippen molar-refractivity contribution in [3.63, 3.8) is 0 Å². The van der Waals surface area contributed by atoms with Crippen LogP contribution in [0.3, 0.4) is 0 Å². The minimum atomic E-state index is -0.663. The molecule has 0 aliphatic heterocycles. The second kappa shape index (κ2) is 5.90. The molecule has 1 aromatic rings. The lowest BCUT2D eigenvalue weighted by molar-refractivity contribution is -0.384. The van der Waals surface area contributed by atoms with Crippen LogP contribution in [0.5, 0.6) is 0 Å². The molecule has 1 amide bonds. The van der Waals surface area contributed by atoms with Crippen LogP contribution in [0.2, 0.25) is 0 Å². The molecule has 20 heavy (non-hydrogen) atoms. The predicted octanol–water partition coefficient (Wildman–Crippen LogP) is 2.68. The van der Waals surface area contributed by atoms with E-state index in [1.54, 1.807) is 6.07 Å². The highest BCUT2D eigenvalue weighted by Gasteiger charge is 2.24. The first-order valence-corrected chi connectivity index (χ1v) is 6.84. The number of nitrogens with zero attached hydrogens (tertiary/aromatic N) is 1. The van der Waals surface area contributed by atoms with E-state index in [9.17, 15) is 14.9 Å². The Morgan fingerprint density at radius 1 is 1.45 bits per heavy atom. The van der Waals surface area contributed by atoms with E-state index in [1.165, 1.54) is 25.0 Å². The Balaban J connectivity index is 2.21. The van der Waals surface area contributed by atoms with Crippen molar-refractivity contribution in [3.05, 3.63) is 33.9 Å². The van der Waals surface area contributed by atoms with Crippen LogP contribution < -0.4 is 11.1 Å². The van der Waals surface area contributed by atoms with Crippen LogP contribution >= 0.6 is 0 Å². The molecule has 1 aliphatic carbocycles. The smallest absolute Gasteiger partial charge is 0.293 e. The number of nitro benzene ring substituents is 1. The first-order chi connectivity index (χ1) is 9.49. The van der Waals surface area contributed by atoms with E-state index in [4.69, 9.17) is 5.73 Å². The normalized spacial score (nSPS) is 16.9. The third kappa shape index (κ3) is 3.07. The summed E-state index contributed by atoms with van der Waals surface area (Å²) in [6, 6.07) is 4.48. The summed E-state index contributed by atoms with van der Waals surface area (Å²) in [4.78, 5) is 21.7. The highest BCUT2D eigenvalue weighted by atomic mass is 16.6. The van der Waals surface area contributed by atoms with Crippen LogP contribution in [0.15, 0.2) is 18.2 Å². The van der Waals surface area contributed by atoms with Gasteiger partial charge in [-0.25, -0.2) is 0 Å². The van der Waals surface area contributed by atoms with Gasteiger partial charge in [0.15, 0.2) is 0 Å². The van der Waals surface area contributed by atoms with Gasteiger partial charge in [0.1, 0.15) is 5.69 Å². The second-order valence-corrected chi connectivity index (χ2v) is 5.33. The van der Waals surface area contributed by atoms with E-state index < -0.39 is 10.8 Å². The van der Waals surface area contributed by atoms with Crippen molar-refractivity contribution in [2.24, 2.45) is 11.7 Å². The molecule has 3 N–H and O–H groups in total. The third-order valence-corrected chi connectivity index (χ3v) is 3.97. The molecule has 1 aliphatic rings. The van der Waals surface area contributed by atoms with Gasteiger partial charge in [-0.05, 0) is 37.8 Å². The summed E-state index contributed by atoms with van der Waals surface area (Å²) in [5, 5.41) is 14.3. The zero-order chi connectivity index (χ0) is 14.7. The van der Waals surface area contributed by atoms with Crippen LogP contribution in [-0.4, -0.2) is 16.9 Å². The van der Waals surface area contributed by atoms with Gasteiger partial charge in [0.25, 0.3) is 5.69 Å². The van der Waals surface area contributed by atoms with E-state index in [0.29, 0.717) is 11.6 Å². The molecule has 1 aromatic carbocycles. The van der Waals surface area contributed by atoms with Gasteiger partial charge in [0.2, 0.25) is 5.91 Å². The summed E-state index contributed by atoms with van der Waals surface area (Å²) in [5.41, 5.74) is 5.64. The minimum Gasteiger partial charge on any atom is -0.377 e.